The van der Waals surface area contributed by atoms with E-state index in [-0.39, 0.29) is 11.5 Å². The molecule has 0 radical (unpaired) electrons. The van der Waals surface area contributed by atoms with Gasteiger partial charge in [-0.15, -0.1) is 0 Å². The highest BCUT2D eigenvalue weighted by Crippen LogP contribution is 2.33. The molecule has 0 bridgehead atoms. The molecule has 3 aromatic rings. The zero-order chi connectivity index (χ0) is 25.2. The van der Waals surface area contributed by atoms with Crippen molar-refractivity contribution in [2.24, 2.45) is 7.05 Å². The van der Waals surface area contributed by atoms with Crippen molar-refractivity contribution in [2.75, 3.05) is 11.9 Å². The average molecular weight is 526 g/mol. The van der Waals surface area contributed by atoms with Gasteiger partial charge in [0, 0.05) is 31.0 Å². The van der Waals surface area contributed by atoms with Crippen LogP contribution in [-0.2, 0) is 13.5 Å². The highest BCUT2D eigenvalue weighted by Gasteiger charge is 2.16. The zero-order valence-corrected chi connectivity index (χ0v) is 21.5. The largest absolute Gasteiger partial charge is 0.385 e. The number of nitrogens with one attached hydrogen (secondary N) is 1. The van der Waals surface area contributed by atoms with E-state index in [0.29, 0.717) is 22.0 Å². The number of hydrogen-bond acceptors (Lipinski definition) is 2. The molecule has 0 aliphatic carbocycles. The molecule has 3 nitrogen and oxygen atoms in total. The lowest BCUT2D eigenvalue weighted by atomic mass is 10.0. The maximum Gasteiger partial charge on any atom is 0.282 e. The van der Waals surface area contributed by atoms with Crippen LogP contribution in [0.25, 0.3) is 11.1 Å². The van der Waals surface area contributed by atoms with Crippen molar-refractivity contribution < 1.29 is 13.2 Å². The fourth-order valence-electron chi connectivity index (χ4n) is 4.23. The monoisotopic (exact) mass is 525 g/mol. The maximum atomic E-state index is 13.9. The molecular weight excluding hydrogens is 494 g/mol. The normalized spacial score (nSPS) is 11.4. The molecule has 1 heterocycles. The fraction of sp³-hybridized carbons (Fsp3) is 0.444. The van der Waals surface area contributed by atoms with Crippen LogP contribution in [0.5, 0.6) is 0 Å². The van der Waals surface area contributed by atoms with Gasteiger partial charge in [0.15, 0.2) is 0 Å². The topological polar surface area (TPSA) is 29.9 Å². The molecule has 0 fully saturated rings. The van der Waals surface area contributed by atoms with E-state index in [9.17, 15) is 13.2 Å². The predicted octanol–water partition coefficient (Wildman–Crippen LogP) is 9.25. The summed E-state index contributed by atoms with van der Waals surface area (Å²) in [6, 6.07) is 10.0. The third-order valence-corrected chi connectivity index (χ3v) is 6.78. The van der Waals surface area contributed by atoms with Crippen molar-refractivity contribution >= 4 is 28.9 Å². The first-order chi connectivity index (χ1) is 16.8. The Morgan fingerprint density at radius 2 is 1.57 bits per heavy atom. The summed E-state index contributed by atoms with van der Waals surface area (Å²) in [5.74, 6) is -0.300. The Hall–Kier alpha value is -2.18. The summed E-state index contributed by atoms with van der Waals surface area (Å²) in [6.45, 7) is 0.803. The number of anilines is 1. The van der Waals surface area contributed by atoms with Gasteiger partial charge in [-0.25, -0.2) is 13.2 Å². The van der Waals surface area contributed by atoms with Gasteiger partial charge in [0.2, 0.25) is 0 Å². The fourth-order valence-corrected chi connectivity index (χ4v) is 4.53. The Kier molecular flexibility index (Phi) is 10.8. The molecule has 1 aromatic heterocycles. The predicted molar refractivity (Wildman–Crippen MR) is 139 cm³/mol. The van der Waals surface area contributed by atoms with Gasteiger partial charge in [-0.1, -0.05) is 67.8 Å². The zero-order valence-electron chi connectivity index (χ0n) is 20.0. The molecular formula is C27H32Cl2F3N3. The number of unbranched alkanes of at least 4 members (excludes halogenated alkanes) is 7. The molecule has 0 atom stereocenters. The van der Waals surface area contributed by atoms with Crippen molar-refractivity contribution in [3.05, 3.63) is 69.7 Å². The van der Waals surface area contributed by atoms with Gasteiger partial charge in [0.05, 0.1) is 10.0 Å². The second kappa shape index (κ2) is 13.8. The minimum Gasteiger partial charge on any atom is -0.385 e. The minimum atomic E-state index is -2.51. The van der Waals surface area contributed by atoms with E-state index in [0.717, 1.165) is 68.3 Å². The summed E-state index contributed by atoms with van der Waals surface area (Å²) < 4.78 is 41.3. The Labute approximate surface area is 215 Å². The number of alkyl halides is 2. The molecule has 2 aromatic carbocycles. The molecule has 35 heavy (non-hydrogen) atoms. The van der Waals surface area contributed by atoms with Crippen molar-refractivity contribution in [1.29, 1.82) is 0 Å². The Morgan fingerprint density at radius 3 is 2.26 bits per heavy atom. The summed E-state index contributed by atoms with van der Waals surface area (Å²) in [4.78, 5) is 0. The Balaban J connectivity index is 1.30. The Morgan fingerprint density at radius 1 is 0.886 bits per heavy atom. The number of hydrogen-bond donors (Lipinski definition) is 1. The molecule has 0 saturated heterocycles. The van der Waals surface area contributed by atoms with Crippen LogP contribution < -0.4 is 5.32 Å². The van der Waals surface area contributed by atoms with Gasteiger partial charge in [0.25, 0.3) is 6.43 Å². The number of rotatable bonds is 14. The highest BCUT2D eigenvalue weighted by atomic mass is 35.5. The second-order valence-electron chi connectivity index (χ2n) is 8.84. The minimum absolute atomic E-state index is 0.0779. The molecule has 8 heteroatoms. The number of nitrogens with zero attached hydrogens (tertiary/aromatic N) is 2. The Bertz CT molecular complexity index is 1090. The second-order valence-corrected chi connectivity index (χ2v) is 9.65. The number of aromatic nitrogens is 2. The van der Waals surface area contributed by atoms with Gasteiger partial charge >= 0.3 is 0 Å². The highest BCUT2D eigenvalue weighted by molar-refractivity contribution is 6.42. The molecule has 0 unspecified atom stereocenters. The molecule has 0 aliphatic rings. The standard InChI is InChI=1S/C27H32Cl2F3N3/c1-35-18-20(26(34-35)27(31)32)10-8-6-4-2-3-5-7-9-15-33-25-14-12-21(30)17-22(25)19-11-13-23(28)24(29)16-19/h11-14,16-18,27,33H,2-10,15H2,1H3. The van der Waals surface area contributed by atoms with Crippen LogP contribution in [0.3, 0.4) is 0 Å². The third-order valence-electron chi connectivity index (χ3n) is 6.04. The van der Waals surface area contributed by atoms with E-state index in [2.05, 4.69) is 10.4 Å². The molecule has 1 N–H and O–H groups in total. The molecule has 0 amide bonds. The summed E-state index contributed by atoms with van der Waals surface area (Å²) in [6.07, 6.45) is 8.54. The van der Waals surface area contributed by atoms with Crippen molar-refractivity contribution in [1.82, 2.24) is 9.78 Å². The molecule has 0 aliphatic heterocycles. The van der Waals surface area contributed by atoms with Gasteiger partial charge in [-0.2, -0.15) is 5.10 Å². The number of halogens is 5. The van der Waals surface area contributed by atoms with Gasteiger partial charge in [-0.3, -0.25) is 4.68 Å². The van der Waals surface area contributed by atoms with Crippen molar-refractivity contribution in [3.63, 3.8) is 0 Å². The summed E-state index contributed by atoms with van der Waals surface area (Å²) in [5, 5.41) is 8.18. The van der Waals surface area contributed by atoms with Gasteiger partial charge in [0.1, 0.15) is 11.5 Å². The van der Waals surface area contributed by atoms with E-state index >= 15 is 0 Å². The van der Waals surface area contributed by atoms with Gasteiger partial charge < -0.3 is 5.32 Å². The average Bonchev–Trinajstić information content (AvgIpc) is 3.20. The van der Waals surface area contributed by atoms with Crippen LogP contribution in [0.4, 0.5) is 18.9 Å². The summed E-state index contributed by atoms with van der Waals surface area (Å²) in [7, 11) is 1.68. The lowest BCUT2D eigenvalue weighted by molar-refractivity contribution is 0.144. The van der Waals surface area contributed by atoms with E-state index in [1.54, 1.807) is 31.4 Å². The first-order valence-electron chi connectivity index (χ1n) is 12.1. The lowest BCUT2D eigenvalue weighted by Gasteiger charge is -2.13. The van der Waals surface area contributed by atoms with E-state index < -0.39 is 6.43 Å². The van der Waals surface area contributed by atoms with E-state index in [1.165, 1.54) is 23.2 Å². The first-order valence-corrected chi connectivity index (χ1v) is 12.9. The van der Waals surface area contributed by atoms with Crippen LogP contribution in [-0.4, -0.2) is 16.3 Å². The SMILES string of the molecule is Cn1cc(CCCCCCCCCCNc2ccc(F)cc2-c2ccc(Cl)c(Cl)c2)c(C(F)F)n1. The molecule has 0 saturated carbocycles. The van der Waals surface area contributed by atoms with E-state index in [4.69, 9.17) is 23.2 Å². The smallest absolute Gasteiger partial charge is 0.282 e. The number of benzene rings is 2. The molecule has 0 spiro atoms. The van der Waals surface area contributed by atoms with Crippen molar-refractivity contribution in [3.8, 4) is 11.1 Å². The van der Waals surface area contributed by atoms with Crippen LogP contribution >= 0.6 is 23.2 Å². The van der Waals surface area contributed by atoms with Crippen molar-refractivity contribution in [2.45, 2.75) is 64.2 Å². The molecule has 3 rings (SSSR count). The summed E-state index contributed by atoms with van der Waals surface area (Å²) in [5.41, 5.74) is 3.03. The third kappa shape index (κ3) is 8.46. The van der Waals surface area contributed by atoms with E-state index in [1.807, 2.05) is 6.07 Å². The number of aryl methyl sites for hydroxylation is 2. The van der Waals surface area contributed by atoms with Crippen LogP contribution in [0.2, 0.25) is 10.0 Å². The lowest BCUT2D eigenvalue weighted by Crippen LogP contribution is -2.03. The van der Waals surface area contributed by atoms with Crippen LogP contribution in [0.15, 0.2) is 42.6 Å². The van der Waals surface area contributed by atoms with Gasteiger partial charge in [-0.05, 0) is 60.7 Å². The summed E-state index contributed by atoms with van der Waals surface area (Å²) >= 11 is 12.2. The quantitative estimate of drug-likeness (QED) is 0.212. The first kappa shape index (κ1) is 27.4. The van der Waals surface area contributed by atoms with Crippen LogP contribution in [0.1, 0.15) is 69.0 Å². The van der Waals surface area contributed by atoms with Crippen LogP contribution in [0, 0.1) is 5.82 Å². The maximum absolute atomic E-state index is 13.9. The molecule has 190 valence electrons.